The van der Waals surface area contributed by atoms with Crippen LogP contribution in [0.2, 0.25) is 0 Å². The number of carbonyl (C=O) groups excluding carboxylic acids is 2. The Hall–Kier alpha value is -2.88. The lowest BCUT2D eigenvalue weighted by molar-refractivity contribution is -0.150. The zero-order chi connectivity index (χ0) is 19.3. The number of aliphatic imine (C=N–C) groups is 1. The summed E-state index contributed by atoms with van der Waals surface area (Å²) in [6, 6.07) is 5.31. The van der Waals surface area contributed by atoms with Gasteiger partial charge >= 0.3 is 11.9 Å². The molecule has 2 rings (SSSR count). The maximum absolute atomic E-state index is 12.7. The lowest BCUT2D eigenvalue weighted by atomic mass is 9.78. The molecule has 26 heavy (non-hydrogen) atoms. The minimum absolute atomic E-state index is 0.0270. The molecule has 1 aromatic rings. The van der Waals surface area contributed by atoms with Gasteiger partial charge in [0.2, 0.25) is 0 Å². The lowest BCUT2D eigenvalue weighted by Gasteiger charge is -2.30. The molecule has 0 N–H and O–H groups in total. The molecule has 2 atom stereocenters. The smallest absolute Gasteiger partial charge is 0.336 e. The molecule has 2 heterocycles. The Morgan fingerprint density at radius 1 is 1.38 bits per heavy atom. The Balaban J connectivity index is 2.45. The largest absolute Gasteiger partial charge is 0.469 e. The first-order valence-corrected chi connectivity index (χ1v) is 8.40. The van der Waals surface area contributed by atoms with Crippen molar-refractivity contribution in [2.24, 2.45) is 10.9 Å². The van der Waals surface area contributed by atoms with Crippen LogP contribution in [-0.2, 0) is 19.1 Å². The van der Waals surface area contributed by atoms with Crippen LogP contribution in [0.15, 0.2) is 39.1 Å². The summed E-state index contributed by atoms with van der Waals surface area (Å²) in [5.41, 5.74) is 1.25. The van der Waals surface area contributed by atoms with E-state index in [-0.39, 0.29) is 24.7 Å². The molecular weight excluding hydrogens is 336 g/mol. The summed E-state index contributed by atoms with van der Waals surface area (Å²) in [6.07, 6.45) is 1.27. The van der Waals surface area contributed by atoms with E-state index in [9.17, 15) is 9.59 Å². The normalized spacial score (nSPS) is 19.8. The molecule has 1 aliphatic rings. The molecule has 0 radical (unpaired) electrons. The van der Waals surface area contributed by atoms with Gasteiger partial charge < -0.3 is 13.9 Å². The highest BCUT2D eigenvalue weighted by Gasteiger charge is 2.44. The molecule has 0 saturated heterocycles. The van der Waals surface area contributed by atoms with Crippen molar-refractivity contribution >= 4 is 17.7 Å². The maximum Gasteiger partial charge on any atom is 0.336 e. The van der Waals surface area contributed by atoms with Crippen LogP contribution in [0.25, 0.3) is 0 Å². The van der Waals surface area contributed by atoms with Crippen molar-refractivity contribution in [2.45, 2.75) is 46.1 Å². The van der Waals surface area contributed by atoms with Gasteiger partial charge in [0.15, 0.2) is 0 Å². The van der Waals surface area contributed by atoms with Gasteiger partial charge in [0, 0.05) is 11.4 Å². The van der Waals surface area contributed by atoms with E-state index < -0.39 is 23.8 Å². The Labute approximate surface area is 152 Å². The Kier molecular flexibility index (Phi) is 6.34. The number of ether oxygens (including phenoxy) is 2. The van der Waals surface area contributed by atoms with E-state index in [0.717, 1.165) is 0 Å². The summed E-state index contributed by atoms with van der Waals surface area (Å²) in [4.78, 5) is 29.7. The summed E-state index contributed by atoms with van der Waals surface area (Å²) in [6.45, 7) is 6.90. The number of carbonyl (C=O) groups is 2. The quantitative estimate of drug-likeness (QED) is 0.572. The number of hydrogen-bond donors (Lipinski definition) is 0. The topological polar surface area (TPSA) is 102 Å². The van der Waals surface area contributed by atoms with Crippen molar-refractivity contribution in [3.8, 4) is 6.07 Å². The second-order valence-corrected chi connectivity index (χ2v) is 6.25. The number of rotatable bonds is 6. The molecule has 0 fully saturated rings. The van der Waals surface area contributed by atoms with Crippen molar-refractivity contribution < 1.29 is 23.5 Å². The van der Waals surface area contributed by atoms with Crippen molar-refractivity contribution in [1.29, 1.82) is 5.26 Å². The first-order valence-electron chi connectivity index (χ1n) is 8.40. The molecule has 2 unspecified atom stereocenters. The molecule has 138 valence electrons. The number of esters is 2. The first kappa shape index (κ1) is 19.4. The van der Waals surface area contributed by atoms with Gasteiger partial charge in [-0.1, -0.05) is 0 Å². The van der Waals surface area contributed by atoms with E-state index >= 15 is 0 Å². The van der Waals surface area contributed by atoms with Gasteiger partial charge in [0.25, 0.3) is 0 Å². The van der Waals surface area contributed by atoms with E-state index in [4.69, 9.17) is 19.2 Å². The minimum Gasteiger partial charge on any atom is -0.469 e. The third-order valence-electron chi connectivity index (χ3n) is 3.95. The summed E-state index contributed by atoms with van der Waals surface area (Å²) >= 11 is 0. The number of furan rings is 1. The van der Waals surface area contributed by atoms with Crippen molar-refractivity contribution in [3.05, 3.63) is 35.4 Å². The number of nitrogens with zero attached hydrogens (tertiary/aromatic N) is 2. The lowest BCUT2D eigenvalue weighted by Crippen LogP contribution is -2.37. The van der Waals surface area contributed by atoms with Crippen LogP contribution in [0.1, 0.15) is 45.8 Å². The fraction of sp³-hybridized carbons (Fsp3) is 0.474. The predicted octanol–water partition coefficient (Wildman–Crippen LogP) is 3.14. The van der Waals surface area contributed by atoms with Crippen molar-refractivity contribution in [3.63, 3.8) is 0 Å². The summed E-state index contributed by atoms with van der Waals surface area (Å²) in [5.74, 6) is -2.11. The second-order valence-electron chi connectivity index (χ2n) is 6.25. The van der Waals surface area contributed by atoms with E-state index in [1.807, 2.05) is 6.07 Å². The van der Waals surface area contributed by atoms with Crippen molar-refractivity contribution in [1.82, 2.24) is 0 Å². The van der Waals surface area contributed by atoms with Gasteiger partial charge in [-0.05, 0) is 39.8 Å². The SMILES string of the molecule is CC1=NC(C)=C(C(=O)OCCC#N)C(c2ccco2)C1C(=O)OC(C)C. The van der Waals surface area contributed by atoms with Crippen LogP contribution >= 0.6 is 0 Å². The number of allylic oxidation sites excluding steroid dienone is 1. The molecule has 0 bridgehead atoms. The van der Waals surface area contributed by atoms with Crippen LogP contribution in [-0.4, -0.2) is 30.4 Å². The third-order valence-corrected chi connectivity index (χ3v) is 3.95. The van der Waals surface area contributed by atoms with Crippen LogP contribution in [0.5, 0.6) is 0 Å². The Morgan fingerprint density at radius 3 is 2.69 bits per heavy atom. The minimum atomic E-state index is -0.786. The summed E-state index contributed by atoms with van der Waals surface area (Å²) in [5, 5.41) is 8.63. The van der Waals surface area contributed by atoms with Crippen LogP contribution in [0.4, 0.5) is 0 Å². The Morgan fingerprint density at radius 2 is 2.12 bits per heavy atom. The molecule has 0 aliphatic carbocycles. The highest BCUT2D eigenvalue weighted by molar-refractivity contribution is 6.06. The zero-order valence-corrected chi connectivity index (χ0v) is 15.3. The van der Waals surface area contributed by atoms with E-state index in [0.29, 0.717) is 17.2 Å². The van der Waals surface area contributed by atoms with Gasteiger partial charge in [-0.25, -0.2) is 4.79 Å². The molecule has 7 heteroatoms. The van der Waals surface area contributed by atoms with Crippen LogP contribution < -0.4 is 0 Å². The van der Waals surface area contributed by atoms with Gasteiger partial charge in [0.1, 0.15) is 18.3 Å². The molecule has 0 aromatic carbocycles. The maximum atomic E-state index is 12.7. The summed E-state index contributed by atoms with van der Waals surface area (Å²) in [7, 11) is 0. The molecule has 7 nitrogen and oxygen atoms in total. The van der Waals surface area contributed by atoms with Crippen LogP contribution in [0, 0.1) is 17.2 Å². The van der Waals surface area contributed by atoms with Crippen LogP contribution in [0.3, 0.4) is 0 Å². The van der Waals surface area contributed by atoms with E-state index in [2.05, 4.69) is 4.99 Å². The fourth-order valence-corrected chi connectivity index (χ4v) is 2.96. The third kappa shape index (κ3) is 4.20. The number of nitriles is 1. The highest BCUT2D eigenvalue weighted by atomic mass is 16.5. The second kappa shape index (κ2) is 8.48. The van der Waals surface area contributed by atoms with E-state index in [1.165, 1.54) is 6.26 Å². The Bertz CT molecular complexity index is 768. The molecule has 1 aliphatic heterocycles. The molecule has 0 spiro atoms. The predicted molar refractivity (Wildman–Crippen MR) is 93.2 cm³/mol. The zero-order valence-electron chi connectivity index (χ0n) is 15.3. The molecule has 1 aromatic heterocycles. The standard InChI is InChI=1S/C19H22N2O5/c1-11(2)26-19(23)16-13(4)21-12(3)15(18(22)25-10-6-8-20)17(16)14-7-5-9-24-14/h5,7,9,11,16-17H,6,10H2,1-4H3. The summed E-state index contributed by atoms with van der Waals surface area (Å²) < 4.78 is 16.1. The number of hydrogen-bond acceptors (Lipinski definition) is 7. The van der Waals surface area contributed by atoms with Crippen molar-refractivity contribution in [2.75, 3.05) is 6.61 Å². The van der Waals surface area contributed by atoms with Gasteiger partial charge in [0.05, 0.1) is 36.3 Å². The van der Waals surface area contributed by atoms with Gasteiger partial charge in [-0.2, -0.15) is 5.26 Å². The average Bonchev–Trinajstić information content (AvgIpc) is 3.07. The van der Waals surface area contributed by atoms with Gasteiger partial charge in [-0.15, -0.1) is 0 Å². The monoisotopic (exact) mass is 358 g/mol. The molecule has 0 amide bonds. The highest BCUT2D eigenvalue weighted by Crippen LogP contribution is 2.40. The molecular formula is C19H22N2O5. The fourth-order valence-electron chi connectivity index (χ4n) is 2.96. The van der Waals surface area contributed by atoms with Gasteiger partial charge in [-0.3, -0.25) is 9.79 Å². The van der Waals surface area contributed by atoms with E-state index in [1.54, 1.807) is 39.8 Å². The average molecular weight is 358 g/mol. The first-order chi connectivity index (χ1) is 12.4. The molecule has 0 saturated carbocycles.